The van der Waals surface area contributed by atoms with Crippen molar-refractivity contribution in [3.05, 3.63) is 44.8 Å². The van der Waals surface area contributed by atoms with Gasteiger partial charge in [0.25, 0.3) is 11.8 Å². The van der Waals surface area contributed by atoms with Gasteiger partial charge >= 0.3 is 5.97 Å². The van der Waals surface area contributed by atoms with Gasteiger partial charge in [-0.25, -0.2) is 0 Å². The third-order valence-electron chi connectivity index (χ3n) is 5.03. The lowest BCUT2D eigenvalue weighted by Crippen LogP contribution is -2.51. The first kappa shape index (κ1) is 24.6. The molecular formula is C22H25N3O6S2. The van der Waals surface area contributed by atoms with Gasteiger partial charge in [-0.05, 0) is 22.9 Å². The number of nitrogens with zero attached hydrogens (tertiary/aromatic N) is 2. The van der Waals surface area contributed by atoms with Crippen LogP contribution in [0.2, 0.25) is 0 Å². The predicted molar refractivity (Wildman–Crippen MR) is 123 cm³/mol. The minimum atomic E-state index is -0.593. The van der Waals surface area contributed by atoms with Gasteiger partial charge in [0.15, 0.2) is 12.4 Å². The first-order valence-corrected chi connectivity index (χ1v) is 12.3. The van der Waals surface area contributed by atoms with Crippen molar-refractivity contribution in [2.24, 2.45) is 0 Å². The van der Waals surface area contributed by atoms with Crippen LogP contribution in [0.15, 0.2) is 35.0 Å². The first-order chi connectivity index (χ1) is 15.9. The summed E-state index contributed by atoms with van der Waals surface area (Å²) in [7, 11) is 0. The number of esters is 1. The molecule has 0 aromatic carbocycles. The number of ketones is 1. The molecule has 0 spiro atoms. The second-order valence-electron chi connectivity index (χ2n) is 7.31. The fourth-order valence-electron chi connectivity index (χ4n) is 3.20. The van der Waals surface area contributed by atoms with Crippen LogP contribution in [0.3, 0.4) is 0 Å². The quantitative estimate of drug-likeness (QED) is 0.401. The van der Waals surface area contributed by atoms with E-state index >= 15 is 0 Å². The smallest absolute Gasteiger partial charge is 0.308 e. The number of rotatable bonds is 10. The van der Waals surface area contributed by atoms with Crippen LogP contribution < -0.4 is 5.32 Å². The molecule has 11 heteroatoms. The molecule has 33 heavy (non-hydrogen) atoms. The van der Waals surface area contributed by atoms with Gasteiger partial charge in [0.05, 0.1) is 16.2 Å². The zero-order chi connectivity index (χ0) is 23.6. The molecule has 0 bridgehead atoms. The molecule has 1 N–H and O–H groups in total. The Morgan fingerprint density at radius 1 is 0.848 bits per heavy atom. The molecule has 0 aliphatic carbocycles. The second-order valence-corrected chi connectivity index (χ2v) is 9.21. The molecule has 1 aliphatic rings. The highest BCUT2D eigenvalue weighted by atomic mass is 32.1. The van der Waals surface area contributed by atoms with Gasteiger partial charge in [0.1, 0.15) is 0 Å². The van der Waals surface area contributed by atoms with E-state index in [0.29, 0.717) is 35.9 Å². The molecule has 9 nitrogen and oxygen atoms in total. The van der Waals surface area contributed by atoms with E-state index in [1.54, 1.807) is 33.4 Å². The van der Waals surface area contributed by atoms with Crippen molar-refractivity contribution in [1.29, 1.82) is 0 Å². The van der Waals surface area contributed by atoms with Crippen molar-refractivity contribution in [3.63, 3.8) is 0 Å². The van der Waals surface area contributed by atoms with Crippen LogP contribution in [0.1, 0.15) is 38.6 Å². The van der Waals surface area contributed by atoms with Gasteiger partial charge in [-0.3, -0.25) is 24.0 Å². The third kappa shape index (κ3) is 7.50. The van der Waals surface area contributed by atoms with Crippen LogP contribution in [0.5, 0.6) is 0 Å². The van der Waals surface area contributed by atoms with Gasteiger partial charge in [-0.15, -0.1) is 22.7 Å². The Morgan fingerprint density at radius 3 is 2.12 bits per heavy atom. The number of ether oxygens (including phenoxy) is 1. The van der Waals surface area contributed by atoms with Crippen molar-refractivity contribution < 1.29 is 28.7 Å². The number of Topliss-reactive ketones (excluding diaryl/α,β-unsaturated/α-hetero) is 1. The molecule has 176 valence electrons. The van der Waals surface area contributed by atoms with Crippen LogP contribution in [-0.2, 0) is 19.1 Å². The maximum Gasteiger partial charge on any atom is 0.308 e. The minimum Gasteiger partial charge on any atom is -0.456 e. The largest absolute Gasteiger partial charge is 0.456 e. The standard InChI is InChI=1S/C22H25N3O6S2/c26-16(17-3-1-13-32-17)5-6-19(27)23-8-7-21(29)31-15-20(28)24-9-11-25(12-10-24)22(30)18-4-2-14-33-18/h1-4,13-14H,5-12,15H2,(H,23,27). The molecule has 1 fully saturated rings. The Bertz CT molecular complexity index is 966. The zero-order valence-electron chi connectivity index (χ0n) is 18.0. The van der Waals surface area contributed by atoms with Crippen LogP contribution in [0, 0.1) is 0 Å². The SMILES string of the molecule is O=C(CCC(=O)c1cccs1)NCCC(=O)OCC(=O)N1CCN(C(=O)c2cccs2)CC1. The maximum atomic E-state index is 12.3. The molecule has 0 radical (unpaired) electrons. The normalized spacial score (nSPS) is 13.5. The van der Waals surface area contributed by atoms with Crippen molar-refractivity contribution in [2.75, 3.05) is 39.3 Å². The number of amides is 3. The predicted octanol–water partition coefficient (Wildman–Crippen LogP) is 1.81. The zero-order valence-corrected chi connectivity index (χ0v) is 19.6. The molecule has 3 heterocycles. The summed E-state index contributed by atoms with van der Waals surface area (Å²) in [4.78, 5) is 64.7. The highest BCUT2D eigenvalue weighted by molar-refractivity contribution is 7.12. The Labute approximate surface area is 199 Å². The molecule has 0 unspecified atom stereocenters. The number of piperazine rings is 1. The number of carbonyl (C=O) groups excluding carboxylic acids is 5. The summed E-state index contributed by atoms with van der Waals surface area (Å²) in [5.74, 6) is -1.36. The summed E-state index contributed by atoms with van der Waals surface area (Å²) >= 11 is 2.72. The highest BCUT2D eigenvalue weighted by Crippen LogP contribution is 2.14. The van der Waals surface area contributed by atoms with E-state index in [9.17, 15) is 24.0 Å². The van der Waals surface area contributed by atoms with Crippen molar-refractivity contribution in [3.8, 4) is 0 Å². The van der Waals surface area contributed by atoms with Crippen molar-refractivity contribution >= 4 is 52.1 Å². The summed E-state index contributed by atoms with van der Waals surface area (Å²) in [6.07, 6.45) is 0.0870. The summed E-state index contributed by atoms with van der Waals surface area (Å²) in [5, 5.41) is 6.22. The van der Waals surface area contributed by atoms with Gasteiger partial charge < -0.3 is 19.9 Å². The van der Waals surface area contributed by atoms with Crippen LogP contribution in [0.4, 0.5) is 0 Å². The molecule has 1 saturated heterocycles. The van der Waals surface area contributed by atoms with Crippen molar-refractivity contribution in [2.45, 2.75) is 19.3 Å². The lowest BCUT2D eigenvalue weighted by atomic mass is 10.2. The Morgan fingerprint density at radius 2 is 1.48 bits per heavy atom. The van der Waals surface area contributed by atoms with Crippen LogP contribution >= 0.6 is 22.7 Å². The minimum absolute atomic E-state index is 0.0403. The summed E-state index contributed by atoms with van der Waals surface area (Å²) < 4.78 is 5.01. The summed E-state index contributed by atoms with van der Waals surface area (Å²) in [6, 6.07) is 7.09. The number of nitrogens with one attached hydrogen (secondary N) is 1. The lowest BCUT2D eigenvalue weighted by Gasteiger charge is -2.34. The van der Waals surface area contributed by atoms with E-state index in [0.717, 1.165) is 0 Å². The molecule has 2 aromatic rings. The topological polar surface area (TPSA) is 113 Å². The molecule has 0 atom stereocenters. The van der Waals surface area contributed by atoms with E-state index in [1.807, 2.05) is 11.4 Å². The average molecular weight is 492 g/mol. The summed E-state index contributed by atoms with van der Waals surface area (Å²) in [5.41, 5.74) is 0. The molecule has 2 aromatic heterocycles. The first-order valence-electron chi connectivity index (χ1n) is 10.5. The number of carbonyl (C=O) groups is 5. The van der Waals surface area contributed by atoms with Crippen LogP contribution in [0.25, 0.3) is 0 Å². The fraction of sp³-hybridized carbons (Fsp3) is 0.409. The summed E-state index contributed by atoms with van der Waals surface area (Å²) in [6.45, 7) is 1.32. The van der Waals surface area contributed by atoms with E-state index in [4.69, 9.17) is 4.74 Å². The molecule has 1 aliphatic heterocycles. The van der Waals surface area contributed by atoms with E-state index in [-0.39, 0.29) is 55.9 Å². The van der Waals surface area contributed by atoms with Gasteiger partial charge in [-0.1, -0.05) is 12.1 Å². The Kier molecular flexibility index (Phi) is 9.14. The lowest BCUT2D eigenvalue weighted by molar-refractivity contribution is -0.152. The molecule has 3 rings (SSSR count). The van der Waals surface area contributed by atoms with Gasteiger partial charge in [0, 0.05) is 45.6 Å². The maximum absolute atomic E-state index is 12.3. The highest BCUT2D eigenvalue weighted by Gasteiger charge is 2.25. The van der Waals surface area contributed by atoms with E-state index in [2.05, 4.69) is 5.32 Å². The number of thiophene rings is 2. The fourth-order valence-corrected chi connectivity index (χ4v) is 4.59. The number of hydrogen-bond donors (Lipinski definition) is 1. The third-order valence-corrected chi connectivity index (χ3v) is 6.80. The van der Waals surface area contributed by atoms with Crippen LogP contribution in [-0.4, -0.2) is 78.6 Å². The monoisotopic (exact) mass is 491 g/mol. The van der Waals surface area contributed by atoms with Crippen molar-refractivity contribution in [1.82, 2.24) is 15.1 Å². The second kappa shape index (κ2) is 12.3. The van der Waals surface area contributed by atoms with Gasteiger partial charge in [0.2, 0.25) is 5.91 Å². The van der Waals surface area contributed by atoms with E-state index in [1.165, 1.54) is 22.7 Å². The molecule has 3 amide bonds. The molecular weight excluding hydrogens is 466 g/mol. The number of hydrogen-bond acceptors (Lipinski definition) is 8. The Hall–Kier alpha value is -3.05. The van der Waals surface area contributed by atoms with Gasteiger partial charge in [-0.2, -0.15) is 0 Å². The average Bonchev–Trinajstić information content (AvgIpc) is 3.55. The van der Waals surface area contributed by atoms with E-state index < -0.39 is 5.97 Å². The Balaban J connectivity index is 1.26. The molecule has 0 saturated carbocycles.